The molecule has 18 heavy (non-hydrogen) atoms. The van der Waals surface area contributed by atoms with Gasteiger partial charge in [-0.15, -0.1) is 0 Å². The van der Waals surface area contributed by atoms with E-state index in [1.54, 1.807) is 19.1 Å². The maximum absolute atomic E-state index is 12.0. The first-order valence-electron chi connectivity index (χ1n) is 6.25. The van der Waals surface area contributed by atoms with Gasteiger partial charge in [0.2, 0.25) is 0 Å². The molecule has 1 unspecified atom stereocenters. The van der Waals surface area contributed by atoms with Crippen molar-refractivity contribution in [3.8, 4) is 6.07 Å². The minimum Gasteiger partial charge on any atom is -0.334 e. The van der Waals surface area contributed by atoms with E-state index in [1.165, 1.54) is 5.56 Å². The number of nitrogens with zero attached hydrogens (tertiary/aromatic N) is 1. The second-order valence-electron chi connectivity index (χ2n) is 5.03. The van der Waals surface area contributed by atoms with Gasteiger partial charge in [-0.2, -0.15) is 5.26 Å². The van der Waals surface area contributed by atoms with Gasteiger partial charge in [0.05, 0.1) is 6.07 Å². The van der Waals surface area contributed by atoms with E-state index in [1.807, 2.05) is 19.1 Å². The van der Waals surface area contributed by atoms with E-state index < -0.39 is 5.54 Å². The van der Waals surface area contributed by atoms with Gasteiger partial charge in [-0.05, 0) is 37.0 Å². The lowest BCUT2D eigenvalue weighted by molar-refractivity contribution is 0.0923. The highest BCUT2D eigenvalue weighted by atomic mass is 16.1. The highest BCUT2D eigenvalue weighted by Crippen LogP contribution is 2.15. The van der Waals surface area contributed by atoms with E-state index >= 15 is 0 Å². The number of nitrogens with one attached hydrogen (secondary N) is 1. The van der Waals surface area contributed by atoms with Crippen molar-refractivity contribution in [2.75, 3.05) is 0 Å². The first-order chi connectivity index (χ1) is 8.41. The molecule has 0 radical (unpaired) electrons. The van der Waals surface area contributed by atoms with Crippen molar-refractivity contribution >= 4 is 5.91 Å². The molecule has 1 aromatic carbocycles. The fraction of sp³-hybridized carbons (Fsp3) is 0.467. The van der Waals surface area contributed by atoms with Crippen LogP contribution in [0.15, 0.2) is 24.3 Å². The van der Waals surface area contributed by atoms with E-state index in [-0.39, 0.29) is 5.91 Å². The molecule has 0 bridgehead atoms. The molecule has 0 aromatic heterocycles. The second kappa shape index (κ2) is 5.68. The van der Waals surface area contributed by atoms with Crippen molar-refractivity contribution in [2.45, 2.75) is 45.6 Å². The number of nitriles is 1. The van der Waals surface area contributed by atoms with Gasteiger partial charge in [0.25, 0.3) is 5.91 Å². The van der Waals surface area contributed by atoms with Gasteiger partial charge in [0.1, 0.15) is 5.54 Å². The number of amides is 1. The van der Waals surface area contributed by atoms with Gasteiger partial charge < -0.3 is 5.32 Å². The zero-order valence-electron chi connectivity index (χ0n) is 11.4. The van der Waals surface area contributed by atoms with Crippen molar-refractivity contribution in [3.05, 3.63) is 35.4 Å². The van der Waals surface area contributed by atoms with Crippen molar-refractivity contribution in [1.29, 1.82) is 5.26 Å². The average Bonchev–Trinajstić information content (AvgIpc) is 2.38. The lowest BCUT2D eigenvalue weighted by Gasteiger charge is -2.21. The third-order valence-corrected chi connectivity index (χ3v) is 3.18. The number of benzene rings is 1. The predicted molar refractivity (Wildman–Crippen MR) is 72.3 cm³/mol. The van der Waals surface area contributed by atoms with Crippen LogP contribution in [0.3, 0.4) is 0 Å². The van der Waals surface area contributed by atoms with Crippen molar-refractivity contribution in [2.24, 2.45) is 0 Å². The minimum absolute atomic E-state index is 0.198. The topological polar surface area (TPSA) is 52.9 Å². The Balaban J connectivity index is 2.83. The van der Waals surface area contributed by atoms with Crippen LogP contribution < -0.4 is 5.32 Å². The van der Waals surface area contributed by atoms with Gasteiger partial charge in [-0.3, -0.25) is 4.79 Å². The molecule has 0 aliphatic heterocycles. The maximum Gasteiger partial charge on any atom is 0.252 e. The summed E-state index contributed by atoms with van der Waals surface area (Å²) in [4.78, 5) is 12.0. The van der Waals surface area contributed by atoms with Gasteiger partial charge in [-0.25, -0.2) is 0 Å². The molecule has 1 aromatic rings. The first-order valence-corrected chi connectivity index (χ1v) is 6.25. The van der Waals surface area contributed by atoms with E-state index in [9.17, 15) is 4.79 Å². The molecule has 1 rings (SSSR count). The average molecular weight is 244 g/mol. The molecule has 3 nitrogen and oxygen atoms in total. The zero-order chi connectivity index (χ0) is 13.8. The molecule has 3 heteroatoms. The summed E-state index contributed by atoms with van der Waals surface area (Å²) in [5, 5.41) is 11.8. The number of carbonyl (C=O) groups is 1. The smallest absolute Gasteiger partial charge is 0.252 e. The lowest BCUT2D eigenvalue weighted by atomic mass is 9.99. The third kappa shape index (κ3) is 3.33. The Hall–Kier alpha value is -1.82. The largest absolute Gasteiger partial charge is 0.334 e. The zero-order valence-corrected chi connectivity index (χ0v) is 11.4. The van der Waals surface area contributed by atoms with E-state index in [2.05, 4.69) is 25.2 Å². The predicted octanol–water partition coefficient (Wildman–Crippen LogP) is 3.23. The molecule has 0 fully saturated rings. The molecule has 0 saturated carbocycles. The Morgan fingerprint density at radius 1 is 1.39 bits per heavy atom. The number of hydrogen-bond donors (Lipinski definition) is 1. The normalized spacial score (nSPS) is 13.8. The Labute approximate surface area is 109 Å². The Morgan fingerprint density at radius 3 is 2.33 bits per heavy atom. The molecule has 0 saturated heterocycles. The molecule has 96 valence electrons. The molecular weight excluding hydrogens is 224 g/mol. The van der Waals surface area contributed by atoms with Crippen molar-refractivity contribution in [1.82, 2.24) is 5.32 Å². The molecule has 1 N–H and O–H groups in total. The van der Waals surface area contributed by atoms with Gasteiger partial charge in [0.15, 0.2) is 0 Å². The highest BCUT2D eigenvalue weighted by molar-refractivity contribution is 5.94. The molecule has 1 atom stereocenters. The summed E-state index contributed by atoms with van der Waals surface area (Å²) in [5.74, 6) is 0.248. The number of rotatable bonds is 4. The van der Waals surface area contributed by atoms with Crippen LogP contribution in [0.5, 0.6) is 0 Å². The van der Waals surface area contributed by atoms with Crippen LogP contribution in [0.4, 0.5) is 0 Å². The summed E-state index contributed by atoms with van der Waals surface area (Å²) in [6.45, 7) is 7.83. The monoisotopic (exact) mass is 244 g/mol. The van der Waals surface area contributed by atoms with Crippen LogP contribution in [0.25, 0.3) is 0 Å². The highest BCUT2D eigenvalue weighted by Gasteiger charge is 2.24. The third-order valence-electron chi connectivity index (χ3n) is 3.18. The summed E-state index contributed by atoms with van der Waals surface area (Å²) in [6.07, 6.45) is 0.583. The van der Waals surface area contributed by atoms with Gasteiger partial charge in [0, 0.05) is 5.56 Å². The van der Waals surface area contributed by atoms with Crippen LogP contribution >= 0.6 is 0 Å². The summed E-state index contributed by atoms with van der Waals surface area (Å²) < 4.78 is 0. The second-order valence-corrected chi connectivity index (χ2v) is 5.03. The van der Waals surface area contributed by atoms with Crippen LogP contribution in [0.1, 0.15) is 56.0 Å². The van der Waals surface area contributed by atoms with E-state index in [4.69, 9.17) is 5.26 Å². The molecular formula is C15H20N2O. The molecule has 1 amide bonds. The van der Waals surface area contributed by atoms with Crippen molar-refractivity contribution in [3.63, 3.8) is 0 Å². The Kier molecular flexibility index (Phi) is 4.49. The van der Waals surface area contributed by atoms with Gasteiger partial charge in [-0.1, -0.05) is 32.9 Å². The summed E-state index contributed by atoms with van der Waals surface area (Å²) in [5.41, 5.74) is 0.993. The van der Waals surface area contributed by atoms with Crippen LogP contribution in [-0.4, -0.2) is 11.4 Å². The first kappa shape index (κ1) is 14.2. The van der Waals surface area contributed by atoms with Crippen LogP contribution in [-0.2, 0) is 0 Å². The fourth-order valence-corrected chi connectivity index (χ4v) is 1.54. The van der Waals surface area contributed by atoms with Crippen molar-refractivity contribution < 1.29 is 4.79 Å². The molecule has 0 aliphatic carbocycles. The standard InChI is InChI=1S/C15H20N2O/c1-5-15(4,10-16)17-14(18)13-8-6-12(7-9-13)11(2)3/h6-9,11H,5H2,1-4H3,(H,17,18). The minimum atomic E-state index is -0.798. The number of carbonyl (C=O) groups excluding carboxylic acids is 1. The van der Waals surface area contributed by atoms with E-state index in [0.717, 1.165) is 0 Å². The van der Waals surface area contributed by atoms with Crippen LogP contribution in [0, 0.1) is 11.3 Å². The van der Waals surface area contributed by atoms with Crippen LogP contribution in [0.2, 0.25) is 0 Å². The maximum atomic E-state index is 12.0. The summed E-state index contributed by atoms with van der Waals surface area (Å²) in [7, 11) is 0. The fourth-order valence-electron chi connectivity index (χ4n) is 1.54. The lowest BCUT2D eigenvalue weighted by Crippen LogP contribution is -2.44. The SMILES string of the molecule is CCC(C)(C#N)NC(=O)c1ccc(C(C)C)cc1. The molecule has 0 spiro atoms. The summed E-state index contributed by atoms with van der Waals surface area (Å²) in [6, 6.07) is 9.64. The molecule has 0 heterocycles. The van der Waals surface area contributed by atoms with Gasteiger partial charge >= 0.3 is 0 Å². The Morgan fingerprint density at radius 2 is 1.94 bits per heavy atom. The number of hydrogen-bond acceptors (Lipinski definition) is 2. The van der Waals surface area contributed by atoms with E-state index in [0.29, 0.717) is 17.9 Å². The quantitative estimate of drug-likeness (QED) is 0.884. The Bertz CT molecular complexity index is 456. The molecule has 0 aliphatic rings. The summed E-state index contributed by atoms with van der Waals surface area (Å²) >= 11 is 0.